The topological polar surface area (TPSA) is 29.9 Å². The molecule has 114 valence electrons. The molecule has 0 aliphatic rings. The first-order valence-electron chi connectivity index (χ1n) is 7.67. The predicted octanol–water partition coefficient (Wildman–Crippen LogP) is 3.68. The van der Waals surface area contributed by atoms with Crippen molar-refractivity contribution in [3.8, 4) is 0 Å². The third-order valence-electron chi connectivity index (χ3n) is 3.66. The standard InChI is InChI=1S/C17H24BrN3/c1-3-19-11-15(9-14-5-7-17(18)8-6-14)10-16-12-20-21(4-2)13-16/h5-8,12-13,15,19H,3-4,9-11H2,1-2H3. The molecule has 2 aromatic rings. The fraction of sp³-hybridized carbons (Fsp3) is 0.471. The van der Waals surface area contributed by atoms with E-state index >= 15 is 0 Å². The quantitative estimate of drug-likeness (QED) is 0.787. The van der Waals surface area contributed by atoms with Crippen LogP contribution in [-0.4, -0.2) is 22.9 Å². The van der Waals surface area contributed by atoms with Crippen LogP contribution in [0.25, 0.3) is 0 Å². The summed E-state index contributed by atoms with van der Waals surface area (Å²) in [6, 6.07) is 8.65. The number of hydrogen-bond donors (Lipinski definition) is 1. The lowest BCUT2D eigenvalue weighted by atomic mass is 9.93. The Bertz CT molecular complexity index is 533. The molecule has 1 atom stereocenters. The molecule has 0 fully saturated rings. The normalized spacial score (nSPS) is 12.5. The van der Waals surface area contributed by atoms with Crippen molar-refractivity contribution in [1.29, 1.82) is 0 Å². The molecule has 0 aliphatic heterocycles. The SMILES string of the molecule is CCNCC(Cc1ccc(Br)cc1)Cc1cnn(CC)c1. The number of rotatable bonds is 8. The van der Waals surface area contributed by atoms with Crippen LogP contribution in [0.4, 0.5) is 0 Å². The fourth-order valence-electron chi connectivity index (χ4n) is 2.54. The van der Waals surface area contributed by atoms with E-state index in [1.54, 1.807) is 0 Å². The van der Waals surface area contributed by atoms with Gasteiger partial charge in [-0.05, 0) is 62.0 Å². The number of nitrogens with zero attached hydrogens (tertiary/aromatic N) is 2. The highest BCUT2D eigenvalue weighted by Gasteiger charge is 2.12. The molecule has 0 bridgehead atoms. The third-order valence-corrected chi connectivity index (χ3v) is 4.18. The highest BCUT2D eigenvalue weighted by molar-refractivity contribution is 9.10. The largest absolute Gasteiger partial charge is 0.317 e. The number of benzene rings is 1. The molecular weight excluding hydrogens is 326 g/mol. The van der Waals surface area contributed by atoms with E-state index in [1.165, 1.54) is 11.1 Å². The Morgan fingerprint density at radius 3 is 2.48 bits per heavy atom. The number of nitrogens with one attached hydrogen (secondary N) is 1. The van der Waals surface area contributed by atoms with Gasteiger partial charge in [-0.1, -0.05) is 35.0 Å². The van der Waals surface area contributed by atoms with Crippen molar-refractivity contribution < 1.29 is 0 Å². The van der Waals surface area contributed by atoms with Crippen molar-refractivity contribution in [1.82, 2.24) is 15.1 Å². The van der Waals surface area contributed by atoms with Gasteiger partial charge in [-0.3, -0.25) is 4.68 Å². The Hall–Kier alpha value is -1.13. The van der Waals surface area contributed by atoms with Gasteiger partial charge in [0, 0.05) is 17.2 Å². The van der Waals surface area contributed by atoms with E-state index in [2.05, 4.69) is 70.7 Å². The minimum Gasteiger partial charge on any atom is -0.317 e. The summed E-state index contributed by atoms with van der Waals surface area (Å²) in [7, 11) is 0. The number of hydrogen-bond acceptors (Lipinski definition) is 2. The zero-order valence-electron chi connectivity index (χ0n) is 12.8. The van der Waals surface area contributed by atoms with Gasteiger partial charge in [0.15, 0.2) is 0 Å². The lowest BCUT2D eigenvalue weighted by Crippen LogP contribution is -2.25. The molecule has 4 heteroatoms. The summed E-state index contributed by atoms with van der Waals surface area (Å²) in [5.74, 6) is 0.598. The van der Waals surface area contributed by atoms with Gasteiger partial charge in [-0.15, -0.1) is 0 Å². The van der Waals surface area contributed by atoms with Crippen LogP contribution in [0.3, 0.4) is 0 Å². The summed E-state index contributed by atoms with van der Waals surface area (Å²) >= 11 is 3.49. The maximum atomic E-state index is 4.38. The lowest BCUT2D eigenvalue weighted by molar-refractivity contribution is 0.478. The van der Waals surface area contributed by atoms with E-state index in [0.717, 1.165) is 36.9 Å². The molecule has 0 amide bonds. The van der Waals surface area contributed by atoms with Crippen molar-refractivity contribution in [3.05, 3.63) is 52.3 Å². The number of halogens is 1. The van der Waals surface area contributed by atoms with E-state index in [-0.39, 0.29) is 0 Å². The molecule has 1 unspecified atom stereocenters. The van der Waals surface area contributed by atoms with Crippen LogP contribution in [0.15, 0.2) is 41.1 Å². The first-order chi connectivity index (χ1) is 10.2. The lowest BCUT2D eigenvalue weighted by Gasteiger charge is -2.17. The second kappa shape index (κ2) is 8.35. The Morgan fingerprint density at radius 1 is 1.14 bits per heavy atom. The summed E-state index contributed by atoms with van der Waals surface area (Å²) in [5.41, 5.74) is 2.72. The molecule has 0 radical (unpaired) electrons. The second-order valence-corrected chi connectivity index (χ2v) is 6.33. The molecule has 1 aromatic heterocycles. The van der Waals surface area contributed by atoms with Gasteiger partial charge in [-0.2, -0.15) is 5.10 Å². The van der Waals surface area contributed by atoms with E-state index < -0.39 is 0 Å². The Balaban J connectivity index is 2.01. The van der Waals surface area contributed by atoms with Gasteiger partial charge in [0.1, 0.15) is 0 Å². The molecule has 1 N–H and O–H groups in total. The van der Waals surface area contributed by atoms with Gasteiger partial charge >= 0.3 is 0 Å². The molecule has 0 aliphatic carbocycles. The van der Waals surface area contributed by atoms with Crippen LogP contribution in [0, 0.1) is 5.92 Å². The Morgan fingerprint density at radius 2 is 1.86 bits per heavy atom. The summed E-state index contributed by atoms with van der Waals surface area (Å²) in [4.78, 5) is 0. The van der Waals surface area contributed by atoms with E-state index in [4.69, 9.17) is 0 Å². The number of aromatic nitrogens is 2. The first kappa shape index (κ1) is 16.2. The van der Waals surface area contributed by atoms with Crippen LogP contribution in [0.2, 0.25) is 0 Å². The Labute approximate surface area is 135 Å². The number of aryl methyl sites for hydroxylation is 1. The van der Waals surface area contributed by atoms with Crippen molar-refractivity contribution in [2.75, 3.05) is 13.1 Å². The van der Waals surface area contributed by atoms with Gasteiger partial charge in [0.25, 0.3) is 0 Å². The van der Waals surface area contributed by atoms with Crippen LogP contribution in [-0.2, 0) is 19.4 Å². The zero-order chi connectivity index (χ0) is 15.1. The van der Waals surface area contributed by atoms with E-state index in [9.17, 15) is 0 Å². The minimum absolute atomic E-state index is 0.598. The van der Waals surface area contributed by atoms with Gasteiger partial charge in [0.05, 0.1) is 6.20 Å². The van der Waals surface area contributed by atoms with Crippen molar-refractivity contribution >= 4 is 15.9 Å². The van der Waals surface area contributed by atoms with Crippen LogP contribution < -0.4 is 5.32 Å². The van der Waals surface area contributed by atoms with Gasteiger partial charge in [0.2, 0.25) is 0 Å². The average Bonchev–Trinajstić information content (AvgIpc) is 2.95. The van der Waals surface area contributed by atoms with E-state index in [0.29, 0.717) is 5.92 Å². The molecule has 0 spiro atoms. The van der Waals surface area contributed by atoms with E-state index in [1.807, 2.05) is 10.9 Å². The third kappa shape index (κ3) is 5.29. The van der Waals surface area contributed by atoms with Crippen LogP contribution in [0.5, 0.6) is 0 Å². The molecule has 3 nitrogen and oxygen atoms in total. The van der Waals surface area contributed by atoms with Crippen molar-refractivity contribution in [2.45, 2.75) is 33.2 Å². The highest BCUT2D eigenvalue weighted by Crippen LogP contribution is 2.17. The second-order valence-electron chi connectivity index (χ2n) is 5.41. The van der Waals surface area contributed by atoms with Crippen molar-refractivity contribution in [3.63, 3.8) is 0 Å². The summed E-state index contributed by atoms with van der Waals surface area (Å²) in [6.45, 7) is 7.28. The maximum absolute atomic E-state index is 4.38. The minimum atomic E-state index is 0.598. The molecule has 1 aromatic carbocycles. The van der Waals surface area contributed by atoms with Crippen molar-refractivity contribution in [2.24, 2.45) is 5.92 Å². The molecule has 0 saturated carbocycles. The fourth-order valence-corrected chi connectivity index (χ4v) is 2.80. The summed E-state index contributed by atoms with van der Waals surface area (Å²) in [5, 5.41) is 7.86. The molecule has 1 heterocycles. The first-order valence-corrected chi connectivity index (χ1v) is 8.47. The predicted molar refractivity (Wildman–Crippen MR) is 91.5 cm³/mol. The molecule has 0 saturated heterocycles. The highest BCUT2D eigenvalue weighted by atomic mass is 79.9. The average molecular weight is 350 g/mol. The summed E-state index contributed by atoms with van der Waals surface area (Å²) < 4.78 is 3.14. The van der Waals surface area contributed by atoms with Gasteiger partial charge < -0.3 is 5.32 Å². The molecule has 21 heavy (non-hydrogen) atoms. The summed E-state index contributed by atoms with van der Waals surface area (Å²) in [6.07, 6.45) is 6.34. The van der Waals surface area contributed by atoms with Crippen LogP contribution >= 0.6 is 15.9 Å². The van der Waals surface area contributed by atoms with Gasteiger partial charge in [-0.25, -0.2) is 0 Å². The monoisotopic (exact) mass is 349 g/mol. The zero-order valence-corrected chi connectivity index (χ0v) is 14.4. The maximum Gasteiger partial charge on any atom is 0.0521 e. The smallest absolute Gasteiger partial charge is 0.0521 e. The Kier molecular flexibility index (Phi) is 6.46. The van der Waals surface area contributed by atoms with Crippen LogP contribution in [0.1, 0.15) is 25.0 Å². The molecular formula is C17H24BrN3. The molecule has 2 rings (SSSR count).